The normalized spacial score (nSPS) is 14.9. The van der Waals surface area contributed by atoms with E-state index in [1.165, 1.54) is 0 Å². The van der Waals surface area contributed by atoms with Gasteiger partial charge in [-0.15, -0.1) is 0 Å². The van der Waals surface area contributed by atoms with E-state index in [-0.39, 0.29) is 18.8 Å². The smallest absolute Gasteiger partial charge is 0.191 e. The highest BCUT2D eigenvalue weighted by atomic mass is 16.6. The van der Waals surface area contributed by atoms with Gasteiger partial charge >= 0.3 is 0 Å². The van der Waals surface area contributed by atoms with Crippen LogP contribution >= 0.6 is 0 Å². The minimum atomic E-state index is -0.666. The highest BCUT2D eigenvalue weighted by Crippen LogP contribution is 2.35. The van der Waals surface area contributed by atoms with E-state index in [0.29, 0.717) is 23.0 Å². The average Bonchev–Trinajstić information content (AvgIpc) is 2.78. The number of fused-ring (bicyclic) bond motifs is 1. The minimum Gasteiger partial charge on any atom is -0.497 e. The summed E-state index contributed by atoms with van der Waals surface area (Å²) in [6.07, 6.45) is 3.03. The summed E-state index contributed by atoms with van der Waals surface area (Å²) in [5.74, 6) is 2.42. The number of nitrogens with zero attached hydrogens (tertiary/aromatic N) is 1. The average molecular weight is 391 g/mol. The molecule has 0 radical (unpaired) electrons. The summed E-state index contributed by atoms with van der Waals surface area (Å²) in [4.78, 5) is 16.8. The van der Waals surface area contributed by atoms with E-state index < -0.39 is 6.10 Å². The minimum absolute atomic E-state index is 0.0582. The van der Waals surface area contributed by atoms with E-state index in [9.17, 15) is 4.79 Å². The van der Waals surface area contributed by atoms with Gasteiger partial charge in [0.05, 0.1) is 14.2 Å². The summed E-state index contributed by atoms with van der Waals surface area (Å²) in [7, 11) is 3.20. The van der Waals surface area contributed by atoms with Gasteiger partial charge in [0.2, 0.25) is 0 Å². The van der Waals surface area contributed by atoms with E-state index in [2.05, 4.69) is 4.98 Å². The first-order valence-electron chi connectivity index (χ1n) is 9.25. The van der Waals surface area contributed by atoms with Gasteiger partial charge in [-0.1, -0.05) is 12.1 Å². The number of benzene rings is 2. The molecule has 148 valence electrons. The lowest BCUT2D eigenvalue weighted by Gasteiger charge is -2.26. The van der Waals surface area contributed by atoms with Gasteiger partial charge < -0.3 is 18.9 Å². The third kappa shape index (κ3) is 4.01. The second-order valence-corrected chi connectivity index (χ2v) is 6.64. The van der Waals surface area contributed by atoms with Crippen molar-refractivity contribution in [3.63, 3.8) is 0 Å². The Labute approximate surface area is 169 Å². The summed E-state index contributed by atoms with van der Waals surface area (Å²) in [6.45, 7) is 0.185. The van der Waals surface area contributed by atoms with Gasteiger partial charge in [-0.05, 0) is 41.5 Å². The van der Waals surface area contributed by atoms with E-state index in [4.69, 9.17) is 18.9 Å². The molecule has 1 aliphatic rings. The Balaban J connectivity index is 1.50. The summed E-state index contributed by atoms with van der Waals surface area (Å²) in [6, 6.07) is 14.9. The Morgan fingerprint density at radius 3 is 2.62 bits per heavy atom. The topological polar surface area (TPSA) is 66.9 Å². The zero-order valence-corrected chi connectivity index (χ0v) is 16.3. The molecule has 0 fully saturated rings. The van der Waals surface area contributed by atoms with Gasteiger partial charge in [-0.3, -0.25) is 9.78 Å². The Morgan fingerprint density at radius 1 is 1.03 bits per heavy atom. The van der Waals surface area contributed by atoms with E-state index in [1.807, 2.05) is 30.3 Å². The molecule has 0 bridgehead atoms. The lowest BCUT2D eigenvalue weighted by Crippen LogP contribution is -2.37. The van der Waals surface area contributed by atoms with Crippen LogP contribution in [0, 0.1) is 0 Å². The molecule has 0 amide bonds. The number of ketones is 1. The van der Waals surface area contributed by atoms with Crippen molar-refractivity contribution in [2.75, 3.05) is 20.8 Å². The van der Waals surface area contributed by atoms with Crippen molar-refractivity contribution in [2.24, 2.45) is 0 Å². The quantitative estimate of drug-likeness (QED) is 0.638. The number of ether oxygens (including phenoxy) is 4. The van der Waals surface area contributed by atoms with Crippen LogP contribution < -0.4 is 18.9 Å². The van der Waals surface area contributed by atoms with Gasteiger partial charge in [-0.2, -0.15) is 0 Å². The van der Waals surface area contributed by atoms with Crippen molar-refractivity contribution in [1.82, 2.24) is 4.98 Å². The van der Waals surface area contributed by atoms with Gasteiger partial charge in [-0.25, -0.2) is 0 Å². The number of carbonyl (C=O) groups is 1. The van der Waals surface area contributed by atoms with Crippen molar-refractivity contribution in [3.8, 4) is 34.1 Å². The fraction of sp³-hybridized carbons (Fsp3) is 0.217. The number of hydrogen-bond acceptors (Lipinski definition) is 6. The first-order chi connectivity index (χ1) is 14.2. The fourth-order valence-electron chi connectivity index (χ4n) is 3.27. The first-order valence-corrected chi connectivity index (χ1v) is 9.25. The molecule has 3 aromatic rings. The molecule has 2 aromatic carbocycles. The van der Waals surface area contributed by atoms with E-state index in [1.54, 1.807) is 44.8 Å². The van der Waals surface area contributed by atoms with Crippen LogP contribution in [0.1, 0.15) is 5.56 Å². The van der Waals surface area contributed by atoms with Crippen LogP contribution in [0.25, 0.3) is 11.1 Å². The second-order valence-electron chi connectivity index (χ2n) is 6.64. The SMILES string of the molecule is COc1ccc2c(c1)OC(C(=O)Cc1ccc(-c3ccncc3)c(OC)c1)CO2. The monoisotopic (exact) mass is 391 g/mol. The molecule has 1 aromatic heterocycles. The maximum Gasteiger partial charge on any atom is 0.191 e. The number of pyridine rings is 1. The molecule has 1 unspecified atom stereocenters. The van der Waals surface area contributed by atoms with Crippen LogP contribution in [0.4, 0.5) is 0 Å². The standard InChI is InChI=1S/C23H21NO5/c1-26-17-4-6-20-22(13-17)29-23(14-28-20)19(25)11-15-3-5-18(21(12-15)27-2)16-7-9-24-10-8-16/h3-10,12-13,23H,11,14H2,1-2H3. The molecule has 1 aliphatic heterocycles. The first kappa shape index (κ1) is 18.8. The maximum atomic E-state index is 12.8. The Bertz CT molecular complexity index is 1020. The third-order valence-electron chi connectivity index (χ3n) is 4.81. The fourth-order valence-corrected chi connectivity index (χ4v) is 3.27. The van der Waals surface area contributed by atoms with Gasteiger partial charge in [0, 0.05) is 30.4 Å². The molecule has 6 nitrogen and oxygen atoms in total. The van der Waals surface area contributed by atoms with Crippen molar-refractivity contribution in [1.29, 1.82) is 0 Å². The van der Waals surface area contributed by atoms with Crippen LogP contribution in [0.3, 0.4) is 0 Å². The third-order valence-corrected chi connectivity index (χ3v) is 4.81. The van der Waals surface area contributed by atoms with Crippen molar-refractivity contribution >= 4 is 5.78 Å². The number of carbonyl (C=O) groups excluding carboxylic acids is 1. The van der Waals surface area contributed by atoms with Crippen molar-refractivity contribution < 1.29 is 23.7 Å². The van der Waals surface area contributed by atoms with Crippen LogP contribution in [-0.4, -0.2) is 37.7 Å². The molecular weight excluding hydrogens is 370 g/mol. The molecule has 0 saturated carbocycles. The summed E-state index contributed by atoms with van der Waals surface area (Å²) in [5, 5.41) is 0. The van der Waals surface area contributed by atoms with Crippen molar-refractivity contribution in [3.05, 3.63) is 66.5 Å². The molecule has 2 heterocycles. The van der Waals surface area contributed by atoms with E-state index in [0.717, 1.165) is 16.7 Å². The Kier molecular flexibility index (Phi) is 5.33. The van der Waals surface area contributed by atoms with Crippen molar-refractivity contribution in [2.45, 2.75) is 12.5 Å². The molecule has 4 rings (SSSR count). The predicted octanol–water partition coefficient (Wildman–Crippen LogP) is 3.72. The van der Waals surface area contributed by atoms with Gasteiger partial charge in [0.15, 0.2) is 23.4 Å². The Hall–Kier alpha value is -3.54. The number of Topliss-reactive ketones (excluding diaryl/α,β-unsaturated/α-hetero) is 1. The second kappa shape index (κ2) is 8.22. The molecule has 6 heteroatoms. The molecular formula is C23H21NO5. The molecule has 1 atom stereocenters. The van der Waals surface area contributed by atoms with Crippen LogP contribution in [0.15, 0.2) is 60.9 Å². The number of aromatic nitrogens is 1. The van der Waals surface area contributed by atoms with Crippen LogP contribution in [0.5, 0.6) is 23.0 Å². The predicted molar refractivity (Wildman–Crippen MR) is 108 cm³/mol. The molecule has 0 aliphatic carbocycles. The highest BCUT2D eigenvalue weighted by Gasteiger charge is 2.28. The summed E-state index contributed by atoms with van der Waals surface area (Å²) >= 11 is 0. The largest absolute Gasteiger partial charge is 0.497 e. The molecule has 0 spiro atoms. The lowest BCUT2D eigenvalue weighted by molar-refractivity contribution is -0.127. The summed E-state index contributed by atoms with van der Waals surface area (Å²) in [5.41, 5.74) is 2.80. The number of methoxy groups -OCH3 is 2. The van der Waals surface area contributed by atoms with Crippen LogP contribution in [-0.2, 0) is 11.2 Å². The zero-order valence-electron chi connectivity index (χ0n) is 16.3. The lowest BCUT2D eigenvalue weighted by atomic mass is 10.00. The molecule has 0 N–H and O–H groups in total. The zero-order chi connectivity index (χ0) is 20.2. The maximum absolute atomic E-state index is 12.8. The van der Waals surface area contributed by atoms with E-state index >= 15 is 0 Å². The van der Waals surface area contributed by atoms with Gasteiger partial charge in [0.1, 0.15) is 18.1 Å². The van der Waals surface area contributed by atoms with Crippen LogP contribution in [0.2, 0.25) is 0 Å². The Morgan fingerprint density at radius 2 is 1.86 bits per heavy atom. The number of hydrogen-bond donors (Lipinski definition) is 0. The number of rotatable bonds is 6. The van der Waals surface area contributed by atoms with Gasteiger partial charge in [0.25, 0.3) is 0 Å². The molecule has 0 saturated heterocycles. The highest BCUT2D eigenvalue weighted by molar-refractivity contribution is 5.86. The summed E-state index contributed by atoms with van der Waals surface area (Å²) < 4.78 is 22.3. The molecule has 29 heavy (non-hydrogen) atoms.